The van der Waals surface area contributed by atoms with Gasteiger partial charge in [-0.25, -0.2) is 0 Å². The van der Waals surface area contributed by atoms with Gasteiger partial charge in [0.25, 0.3) is 5.91 Å². The summed E-state index contributed by atoms with van der Waals surface area (Å²) in [6, 6.07) is 1.75. The first kappa shape index (κ1) is 17.2. The van der Waals surface area contributed by atoms with E-state index in [1.165, 1.54) is 4.68 Å². The van der Waals surface area contributed by atoms with Crippen LogP contribution in [-0.2, 0) is 11.8 Å². The van der Waals surface area contributed by atoms with Crippen LogP contribution in [0.2, 0.25) is 0 Å². The Hall–Kier alpha value is -1.85. The summed E-state index contributed by atoms with van der Waals surface area (Å²) in [7, 11) is 1.71. The Kier molecular flexibility index (Phi) is 5.52. The number of carboxylic acid groups (broad SMARTS) is 1. The minimum Gasteiger partial charge on any atom is -0.481 e. The van der Waals surface area contributed by atoms with Gasteiger partial charge in [0.05, 0.1) is 11.1 Å². The lowest BCUT2D eigenvalue weighted by molar-refractivity contribution is -0.149. The molecule has 0 aromatic carbocycles. The molecule has 21 heavy (non-hydrogen) atoms. The highest BCUT2D eigenvalue weighted by atomic mass is 16.4. The second kappa shape index (κ2) is 6.74. The van der Waals surface area contributed by atoms with Crippen LogP contribution in [0.1, 0.15) is 62.6 Å². The standard InChI is InChI=1S/C15H25N3O3/c1-6-15(7-2,14(20)21)9-16-13(19)12-8-11(10(3)4)17-18(12)5/h8,10H,6-7,9H2,1-5H3,(H,16,19)(H,20,21). The largest absolute Gasteiger partial charge is 0.481 e. The summed E-state index contributed by atoms with van der Waals surface area (Å²) < 4.78 is 1.53. The van der Waals surface area contributed by atoms with Crippen LogP contribution in [-0.4, -0.2) is 33.3 Å². The Labute approximate surface area is 125 Å². The lowest BCUT2D eigenvalue weighted by Gasteiger charge is -2.26. The summed E-state index contributed by atoms with van der Waals surface area (Å²) in [4.78, 5) is 23.7. The first-order valence-electron chi connectivity index (χ1n) is 7.33. The molecule has 1 rings (SSSR count). The van der Waals surface area contributed by atoms with Crippen LogP contribution >= 0.6 is 0 Å². The smallest absolute Gasteiger partial charge is 0.311 e. The van der Waals surface area contributed by atoms with Crippen LogP contribution in [0, 0.1) is 5.41 Å². The molecule has 0 unspecified atom stereocenters. The van der Waals surface area contributed by atoms with Gasteiger partial charge in [-0.1, -0.05) is 27.7 Å². The van der Waals surface area contributed by atoms with E-state index in [9.17, 15) is 14.7 Å². The van der Waals surface area contributed by atoms with Gasteiger partial charge in [0.15, 0.2) is 0 Å². The summed E-state index contributed by atoms with van der Waals surface area (Å²) in [6.45, 7) is 7.78. The topological polar surface area (TPSA) is 84.2 Å². The molecule has 0 aliphatic rings. The summed E-state index contributed by atoms with van der Waals surface area (Å²) in [5.74, 6) is -0.924. The number of nitrogens with zero attached hydrogens (tertiary/aromatic N) is 2. The number of aromatic nitrogens is 2. The third kappa shape index (κ3) is 3.62. The quantitative estimate of drug-likeness (QED) is 0.807. The van der Waals surface area contributed by atoms with E-state index in [1.54, 1.807) is 13.1 Å². The minimum absolute atomic E-state index is 0.121. The molecule has 0 saturated heterocycles. The normalized spacial score (nSPS) is 11.7. The second-order valence-corrected chi connectivity index (χ2v) is 5.71. The van der Waals surface area contributed by atoms with Crippen LogP contribution in [0.25, 0.3) is 0 Å². The van der Waals surface area contributed by atoms with E-state index in [0.717, 1.165) is 5.69 Å². The molecule has 1 amide bonds. The van der Waals surface area contributed by atoms with Crippen molar-refractivity contribution in [2.24, 2.45) is 12.5 Å². The van der Waals surface area contributed by atoms with Crippen LogP contribution in [0.5, 0.6) is 0 Å². The zero-order chi connectivity index (χ0) is 16.2. The summed E-state index contributed by atoms with van der Waals surface area (Å²) in [6.07, 6.45) is 0.948. The molecular weight excluding hydrogens is 270 g/mol. The maximum atomic E-state index is 12.2. The summed E-state index contributed by atoms with van der Waals surface area (Å²) >= 11 is 0. The van der Waals surface area contributed by atoms with Crippen molar-refractivity contribution in [1.82, 2.24) is 15.1 Å². The lowest BCUT2D eigenvalue weighted by Crippen LogP contribution is -2.42. The molecule has 0 aliphatic carbocycles. The number of hydrogen-bond donors (Lipinski definition) is 2. The maximum absolute atomic E-state index is 12.2. The van der Waals surface area contributed by atoms with Crippen molar-refractivity contribution in [3.8, 4) is 0 Å². The Balaban J connectivity index is 2.84. The fraction of sp³-hybridized carbons (Fsp3) is 0.667. The van der Waals surface area contributed by atoms with Gasteiger partial charge in [0.2, 0.25) is 0 Å². The molecule has 0 spiro atoms. The predicted octanol–water partition coefficient (Wildman–Crippen LogP) is 2.16. The predicted molar refractivity (Wildman–Crippen MR) is 80.3 cm³/mol. The number of rotatable bonds is 7. The molecule has 0 aliphatic heterocycles. The highest BCUT2D eigenvalue weighted by Crippen LogP contribution is 2.25. The van der Waals surface area contributed by atoms with E-state index in [0.29, 0.717) is 18.5 Å². The SMILES string of the molecule is CCC(CC)(CNC(=O)c1cc(C(C)C)nn1C)C(=O)O. The third-order valence-corrected chi connectivity index (χ3v) is 4.12. The molecule has 6 nitrogen and oxygen atoms in total. The molecule has 2 N–H and O–H groups in total. The number of hydrogen-bond acceptors (Lipinski definition) is 3. The number of carboxylic acids is 1. The summed E-state index contributed by atoms with van der Waals surface area (Å²) in [5.41, 5.74) is 0.387. The molecule has 6 heteroatoms. The van der Waals surface area contributed by atoms with Crippen LogP contribution in [0.4, 0.5) is 0 Å². The van der Waals surface area contributed by atoms with Gasteiger partial charge in [-0.2, -0.15) is 5.10 Å². The fourth-order valence-electron chi connectivity index (χ4n) is 2.20. The molecule has 0 atom stereocenters. The highest BCUT2D eigenvalue weighted by molar-refractivity contribution is 5.93. The molecule has 0 radical (unpaired) electrons. The van der Waals surface area contributed by atoms with Gasteiger partial charge in [-0.15, -0.1) is 0 Å². The Morgan fingerprint density at radius 2 is 1.95 bits per heavy atom. The monoisotopic (exact) mass is 295 g/mol. The Morgan fingerprint density at radius 1 is 1.38 bits per heavy atom. The average molecular weight is 295 g/mol. The number of amides is 1. The van der Waals surface area contributed by atoms with Gasteiger partial charge in [0, 0.05) is 13.6 Å². The first-order chi connectivity index (χ1) is 9.77. The Bertz CT molecular complexity index is 516. The van der Waals surface area contributed by atoms with Gasteiger partial charge in [-0.3, -0.25) is 14.3 Å². The van der Waals surface area contributed by atoms with Crippen LogP contribution in [0.15, 0.2) is 6.07 Å². The zero-order valence-corrected chi connectivity index (χ0v) is 13.4. The second-order valence-electron chi connectivity index (χ2n) is 5.71. The van der Waals surface area contributed by atoms with Crippen molar-refractivity contribution in [3.05, 3.63) is 17.5 Å². The minimum atomic E-state index is -0.908. The molecule has 0 saturated carbocycles. The average Bonchev–Trinajstić information content (AvgIpc) is 2.82. The van der Waals surface area contributed by atoms with Crippen molar-refractivity contribution in [2.45, 2.75) is 46.5 Å². The Morgan fingerprint density at radius 3 is 2.33 bits per heavy atom. The first-order valence-corrected chi connectivity index (χ1v) is 7.33. The van der Waals surface area contributed by atoms with Crippen molar-refractivity contribution >= 4 is 11.9 Å². The number of carbonyl (C=O) groups is 2. The van der Waals surface area contributed by atoms with Gasteiger partial charge >= 0.3 is 5.97 Å². The van der Waals surface area contributed by atoms with E-state index in [4.69, 9.17) is 0 Å². The number of carbonyl (C=O) groups excluding carboxylic acids is 1. The van der Waals surface area contributed by atoms with Gasteiger partial charge in [-0.05, 0) is 24.8 Å². The molecule has 0 bridgehead atoms. The molecule has 118 valence electrons. The number of aliphatic carboxylic acids is 1. The van der Waals surface area contributed by atoms with Crippen molar-refractivity contribution < 1.29 is 14.7 Å². The number of nitrogens with one attached hydrogen (secondary N) is 1. The van der Waals surface area contributed by atoms with Crippen molar-refractivity contribution in [2.75, 3.05) is 6.54 Å². The van der Waals surface area contributed by atoms with Gasteiger partial charge in [0.1, 0.15) is 5.69 Å². The third-order valence-electron chi connectivity index (χ3n) is 4.12. The molecule has 1 heterocycles. The van der Waals surface area contributed by atoms with Crippen LogP contribution in [0.3, 0.4) is 0 Å². The van der Waals surface area contributed by atoms with Crippen molar-refractivity contribution in [1.29, 1.82) is 0 Å². The van der Waals surface area contributed by atoms with E-state index in [1.807, 2.05) is 27.7 Å². The van der Waals surface area contributed by atoms with Crippen LogP contribution < -0.4 is 5.32 Å². The summed E-state index contributed by atoms with van der Waals surface area (Å²) in [5, 5.41) is 16.4. The molecule has 0 fully saturated rings. The molecule has 1 aromatic heterocycles. The van der Waals surface area contributed by atoms with E-state index in [-0.39, 0.29) is 18.4 Å². The van der Waals surface area contributed by atoms with Crippen molar-refractivity contribution in [3.63, 3.8) is 0 Å². The van der Waals surface area contributed by atoms with E-state index < -0.39 is 11.4 Å². The maximum Gasteiger partial charge on any atom is 0.311 e. The zero-order valence-electron chi connectivity index (χ0n) is 13.4. The lowest BCUT2D eigenvalue weighted by atomic mass is 9.82. The highest BCUT2D eigenvalue weighted by Gasteiger charge is 2.35. The molecule has 1 aromatic rings. The van der Waals surface area contributed by atoms with E-state index in [2.05, 4.69) is 10.4 Å². The number of aryl methyl sites for hydroxylation is 1. The molecular formula is C15H25N3O3. The van der Waals surface area contributed by atoms with E-state index >= 15 is 0 Å². The fourth-order valence-corrected chi connectivity index (χ4v) is 2.20. The van der Waals surface area contributed by atoms with Gasteiger partial charge < -0.3 is 10.4 Å².